The number of hydrogen-bond donors (Lipinski definition) is 2. The van der Waals surface area contributed by atoms with Gasteiger partial charge in [-0.05, 0) is 68.0 Å². The third-order valence-corrected chi connectivity index (χ3v) is 3.57. The molecular weight excluding hydrogens is 316 g/mol. The van der Waals surface area contributed by atoms with Crippen LogP contribution in [0.2, 0.25) is 5.02 Å². The average Bonchev–Trinajstić information content (AvgIpc) is 2.49. The first-order valence-electron chi connectivity index (χ1n) is 7.14. The molecule has 2 N–H and O–H groups in total. The van der Waals surface area contributed by atoms with Crippen LogP contribution < -0.4 is 15.4 Å². The predicted octanol–water partition coefficient (Wildman–Crippen LogP) is 4.79. The van der Waals surface area contributed by atoms with Gasteiger partial charge in [0.25, 0.3) is 0 Å². The van der Waals surface area contributed by atoms with Gasteiger partial charge in [-0.15, -0.1) is 0 Å². The van der Waals surface area contributed by atoms with Crippen molar-refractivity contribution in [2.24, 2.45) is 0 Å². The van der Waals surface area contributed by atoms with E-state index in [1.165, 1.54) is 0 Å². The van der Waals surface area contributed by atoms with E-state index in [1.807, 2.05) is 62.4 Å². The Morgan fingerprint density at radius 2 is 1.95 bits per heavy atom. The fourth-order valence-electron chi connectivity index (χ4n) is 2.02. The van der Waals surface area contributed by atoms with Crippen LogP contribution in [-0.2, 0) is 0 Å². The first kappa shape index (κ1) is 16.6. The zero-order chi connectivity index (χ0) is 15.9. The minimum absolute atomic E-state index is 0.0707. The van der Waals surface area contributed by atoms with E-state index in [-0.39, 0.29) is 6.04 Å². The lowest BCUT2D eigenvalue weighted by Crippen LogP contribution is -2.30. The monoisotopic (exact) mass is 334 g/mol. The molecule has 0 aliphatic rings. The van der Waals surface area contributed by atoms with Gasteiger partial charge in [0, 0.05) is 10.7 Å². The molecular formula is C17H19ClN2OS. The summed E-state index contributed by atoms with van der Waals surface area (Å²) in [6, 6.07) is 15.5. The number of thiocarbonyl (C=S) groups is 1. The maximum atomic E-state index is 6.01. The molecule has 0 saturated carbocycles. The number of benzene rings is 2. The molecule has 0 amide bonds. The Labute approximate surface area is 141 Å². The molecule has 116 valence electrons. The third kappa shape index (κ3) is 4.90. The van der Waals surface area contributed by atoms with Crippen LogP contribution in [0.15, 0.2) is 48.5 Å². The molecule has 0 heterocycles. The van der Waals surface area contributed by atoms with Crippen LogP contribution >= 0.6 is 23.8 Å². The molecule has 0 aliphatic carbocycles. The van der Waals surface area contributed by atoms with Crippen molar-refractivity contribution in [2.45, 2.75) is 19.9 Å². The molecule has 0 saturated heterocycles. The molecule has 0 unspecified atom stereocenters. The highest BCUT2D eigenvalue weighted by atomic mass is 35.5. The van der Waals surface area contributed by atoms with Crippen LogP contribution in [0.1, 0.15) is 25.5 Å². The number of ether oxygens (including phenoxy) is 1. The van der Waals surface area contributed by atoms with Crippen molar-refractivity contribution in [1.82, 2.24) is 5.32 Å². The minimum atomic E-state index is 0.0707. The Bertz CT molecular complexity index is 631. The van der Waals surface area contributed by atoms with Gasteiger partial charge in [0.2, 0.25) is 0 Å². The van der Waals surface area contributed by atoms with Crippen molar-refractivity contribution < 1.29 is 4.74 Å². The van der Waals surface area contributed by atoms with Gasteiger partial charge in [-0.2, -0.15) is 0 Å². The smallest absolute Gasteiger partial charge is 0.171 e. The van der Waals surface area contributed by atoms with Crippen LogP contribution in [0.4, 0.5) is 5.69 Å². The van der Waals surface area contributed by atoms with Gasteiger partial charge in [0.05, 0.1) is 12.6 Å². The molecule has 5 heteroatoms. The van der Waals surface area contributed by atoms with E-state index in [1.54, 1.807) is 0 Å². The third-order valence-electron chi connectivity index (χ3n) is 3.12. The highest BCUT2D eigenvalue weighted by Crippen LogP contribution is 2.18. The highest BCUT2D eigenvalue weighted by Gasteiger charge is 2.07. The molecule has 0 radical (unpaired) electrons. The van der Waals surface area contributed by atoms with E-state index < -0.39 is 0 Å². The molecule has 0 spiro atoms. The summed E-state index contributed by atoms with van der Waals surface area (Å²) in [7, 11) is 0. The van der Waals surface area contributed by atoms with Gasteiger partial charge in [-0.25, -0.2) is 0 Å². The SMILES string of the molecule is CCOc1ccc(NC(=S)N[C@@H](C)c2cccc(Cl)c2)cc1. The van der Waals surface area contributed by atoms with Gasteiger partial charge >= 0.3 is 0 Å². The van der Waals surface area contributed by atoms with Gasteiger partial charge in [0.15, 0.2) is 5.11 Å². The van der Waals surface area contributed by atoms with Crippen molar-refractivity contribution in [3.05, 3.63) is 59.1 Å². The number of halogens is 1. The van der Waals surface area contributed by atoms with E-state index in [0.29, 0.717) is 11.7 Å². The maximum absolute atomic E-state index is 6.01. The Morgan fingerprint density at radius 3 is 2.59 bits per heavy atom. The number of nitrogens with one attached hydrogen (secondary N) is 2. The van der Waals surface area contributed by atoms with E-state index in [2.05, 4.69) is 10.6 Å². The second kappa shape index (κ2) is 8.01. The van der Waals surface area contributed by atoms with Gasteiger partial charge in [-0.1, -0.05) is 23.7 Å². The summed E-state index contributed by atoms with van der Waals surface area (Å²) in [4.78, 5) is 0. The Hall–Kier alpha value is -1.78. The zero-order valence-electron chi connectivity index (χ0n) is 12.6. The average molecular weight is 335 g/mol. The van der Waals surface area contributed by atoms with Crippen LogP contribution in [0, 0.1) is 0 Å². The number of hydrogen-bond acceptors (Lipinski definition) is 2. The number of rotatable bonds is 5. The van der Waals surface area contributed by atoms with Crippen molar-refractivity contribution in [3.63, 3.8) is 0 Å². The van der Waals surface area contributed by atoms with Crippen molar-refractivity contribution in [2.75, 3.05) is 11.9 Å². The predicted molar refractivity (Wildman–Crippen MR) is 96.8 cm³/mol. The van der Waals surface area contributed by atoms with Gasteiger partial charge < -0.3 is 15.4 Å². The highest BCUT2D eigenvalue weighted by molar-refractivity contribution is 7.80. The Morgan fingerprint density at radius 1 is 1.23 bits per heavy atom. The largest absolute Gasteiger partial charge is 0.494 e. The normalized spacial score (nSPS) is 11.6. The first-order chi connectivity index (χ1) is 10.6. The summed E-state index contributed by atoms with van der Waals surface area (Å²) in [5.41, 5.74) is 2.00. The van der Waals surface area contributed by atoms with Gasteiger partial charge in [0.1, 0.15) is 5.75 Å². The summed E-state index contributed by atoms with van der Waals surface area (Å²) in [5, 5.41) is 7.69. The molecule has 2 aromatic carbocycles. The molecule has 0 bridgehead atoms. The molecule has 0 fully saturated rings. The summed E-state index contributed by atoms with van der Waals surface area (Å²) in [6.45, 7) is 4.66. The van der Waals surface area contributed by atoms with Crippen molar-refractivity contribution in [1.29, 1.82) is 0 Å². The molecule has 1 atom stereocenters. The van der Waals surface area contributed by atoms with Gasteiger partial charge in [-0.3, -0.25) is 0 Å². The fraction of sp³-hybridized carbons (Fsp3) is 0.235. The van der Waals surface area contributed by atoms with E-state index >= 15 is 0 Å². The summed E-state index contributed by atoms with van der Waals surface area (Å²) < 4.78 is 5.41. The molecule has 22 heavy (non-hydrogen) atoms. The first-order valence-corrected chi connectivity index (χ1v) is 7.93. The minimum Gasteiger partial charge on any atom is -0.494 e. The standard InChI is InChI=1S/C17H19ClN2OS/c1-3-21-16-9-7-15(8-10-16)20-17(22)19-12(2)13-5-4-6-14(18)11-13/h4-12H,3H2,1-2H3,(H2,19,20,22)/t12-/m0/s1. The van der Waals surface area contributed by atoms with Crippen LogP contribution in [0.3, 0.4) is 0 Å². The molecule has 0 aliphatic heterocycles. The quantitative estimate of drug-likeness (QED) is 0.770. The van der Waals surface area contributed by atoms with Crippen LogP contribution in [0.25, 0.3) is 0 Å². The molecule has 2 rings (SSSR count). The van der Waals surface area contributed by atoms with E-state index in [4.69, 9.17) is 28.6 Å². The maximum Gasteiger partial charge on any atom is 0.171 e. The summed E-state index contributed by atoms with van der Waals surface area (Å²) in [5.74, 6) is 0.847. The molecule has 2 aromatic rings. The van der Waals surface area contributed by atoms with Crippen molar-refractivity contribution in [3.8, 4) is 5.75 Å². The summed E-state index contributed by atoms with van der Waals surface area (Å²) >= 11 is 11.4. The fourth-order valence-corrected chi connectivity index (χ4v) is 2.52. The summed E-state index contributed by atoms with van der Waals surface area (Å²) in [6.07, 6.45) is 0. The Balaban J connectivity index is 1.92. The van der Waals surface area contributed by atoms with Crippen LogP contribution in [-0.4, -0.2) is 11.7 Å². The lowest BCUT2D eigenvalue weighted by molar-refractivity contribution is 0.340. The second-order valence-electron chi connectivity index (χ2n) is 4.83. The Kier molecular flexibility index (Phi) is 6.04. The van der Waals surface area contributed by atoms with Crippen molar-refractivity contribution >= 4 is 34.6 Å². The van der Waals surface area contributed by atoms with Crippen LogP contribution in [0.5, 0.6) is 5.75 Å². The zero-order valence-corrected chi connectivity index (χ0v) is 14.2. The topological polar surface area (TPSA) is 33.3 Å². The lowest BCUT2D eigenvalue weighted by atomic mass is 10.1. The number of anilines is 1. The lowest BCUT2D eigenvalue weighted by Gasteiger charge is -2.17. The van der Waals surface area contributed by atoms with E-state index in [0.717, 1.165) is 22.0 Å². The molecule has 3 nitrogen and oxygen atoms in total. The molecule has 0 aromatic heterocycles. The second-order valence-corrected chi connectivity index (χ2v) is 5.68. The van der Waals surface area contributed by atoms with E-state index in [9.17, 15) is 0 Å².